The summed E-state index contributed by atoms with van der Waals surface area (Å²) >= 11 is 5.67. The van der Waals surface area contributed by atoms with E-state index in [1.807, 2.05) is 0 Å². The highest BCUT2D eigenvalue weighted by Gasteiger charge is 2.30. The van der Waals surface area contributed by atoms with Gasteiger partial charge in [0.1, 0.15) is 0 Å². The molecule has 2 unspecified atom stereocenters. The number of carbonyl (C=O) groups excluding carboxylic acids is 1. The topological polar surface area (TPSA) is 49.8 Å². The molecule has 104 valence electrons. The third-order valence-corrected chi connectivity index (χ3v) is 3.29. The number of aliphatic hydroxyl groups is 1. The van der Waals surface area contributed by atoms with Crippen LogP contribution >= 0.6 is 11.6 Å². The van der Waals surface area contributed by atoms with Crippen LogP contribution in [0.5, 0.6) is 0 Å². The maximum absolute atomic E-state index is 13.8. The maximum Gasteiger partial charge on any atom is 0.257 e. The molecule has 0 aliphatic carbocycles. The second-order valence-corrected chi connectivity index (χ2v) is 4.97. The minimum Gasteiger partial charge on any atom is -0.394 e. The molecule has 0 spiro atoms. The molecule has 0 saturated carbocycles. The van der Waals surface area contributed by atoms with Gasteiger partial charge in [0.25, 0.3) is 5.91 Å². The van der Waals surface area contributed by atoms with E-state index in [9.17, 15) is 9.18 Å². The van der Waals surface area contributed by atoms with E-state index in [1.165, 1.54) is 23.1 Å². The molecule has 19 heavy (non-hydrogen) atoms. The molecule has 1 amide bonds. The molecule has 1 saturated heterocycles. The maximum atomic E-state index is 13.8. The predicted octanol–water partition coefficient (Wildman–Crippen LogP) is 1.70. The summed E-state index contributed by atoms with van der Waals surface area (Å²) in [6.07, 6.45) is -0.632. The standard InChI is InChI=1S/C13H15ClFNO3/c1-8-5-16(6-9(7-17)19-8)13(18)10-3-2-4-11(14)12(10)15/h2-4,8-9,17H,5-7H2,1H3. The average Bonchev–Trinajstić information content (AvgIpc) is 2.40. The lowest BCUT2D eigenvalue weighted by molar-refractivity contribution is -0.0859. The van der Waals surface area contributed by atoms with Crippen molar-refractivity contribution < 1.29 is 19.0 Å². The Morgan fingerprint density at radius 1 is 1.58 bits per heavy atom. The molecule has 0 radical (unpaired) electrons. The van der Waals surface area contributed by atoms with Gasteiger partial charge in [-0.3, -0.25) is 4.79 Å². The number of amides is 1. The number of nitrogens with zero attached hydrogens (tertiary/aromatic N) is 1. The van der Waals surface area contributed by atoms with E-state index in [1.54, 1.807) is 6.92 Å². The van der Waals surface area contributed by atoms with Crippen molar-refractivity contribution in [2.24, 2.45) is 0 Å². The molecule has 0 bridgehead atoms. The monoisotopic (exact) mass is 287 g/mol. The molecule has 6 heteroatoms. The number of aliphatic hydroxyl groups excluding tert-OH is 1. The first-order valence-electron chi connectivity index (χ1n) is 6.02. The van der Waals surface area contributed by atoms with Crippen LogP contribution in [-0.4, -0.2) is 47.8 Å². The van der Waals surface area contributed by atoms with Crippen LogP contribution in [0.4, 0.5) is 4.39 Å². The lowest BCUT2D eigenvalue weighted by Crippen LogP contribution is -2.50. The Morgan fingerprint density at radius 2 is 2.32 bits per heavy atom. The Kier molecular flexibility index (Phi) is 4.39. The van der Waals surface area contributed by atoms with Gasteiger partial charge in [-0.05, 0) is 19.1 Å². The highest BCUT2D eigenvalue weighted by atomic mass is 35.5. The number of halogens is 2. The zero-order chi connectivity index (χ0) is 14.0. The van der Waals surface area contributed by atoms with Crippen molar-refractivity contribution >= 4 is 17.5 Å². The van der Waals surface area contributed by atoms with E-state index in [0.717, 1.165) is 0 Å². The summed E-state index contributed by atoms with van der Waals surface area (Å²) in [5.74, 6) is -1.15. The molecule has 2 rings (SSSR count). The number of rotatable bonds is 2. The van der Waals surface area contributed by atoms with Gasteiger partial charge in [0.2, 0.25) is 0 Å². The molecule has 1 aromatic rings. The second kappa shape index (κ2) is 5.86. The fourth-order valence-electron chi connectivity index (χ4n) is 2.15. The molecule has 1 heterocycles. The smallest absolute Gasteiger partial charge is 0.257 e. The van der Waals surface area contributed by atoms with Crippen molar-refractivity contribution in [1.29, 1.82) is 0 Å². The average molecular weight is 288 g/mol. The Bertz CT molecular complexity index is 483. The van der Waals surface area contributed by atoms with Gasteiger partial charge in [-0.1, -0.05) is 17.7 Å². The summed E-state index contributed by atoms with van der Waals surface area (Å²) < 4.78 is 19.3. The lowest BCUT2D eigenvalue weighted by atomic mass is 10.1. The fraction of sp³-hybridized carbons (Fsp3) is 0.462. The lowest BCUT2D eigenvalue weighted by Gasteiger charge is -2.36. The number of carbonyl (C=O) groups is 1. The van der Waals surface area contributed by atoms with E-state index < -0.39 is 17.8 Å². The Labute approximate surface area is 115 Å². The number of morpholine rings is 1. The van der Waals surface area contributed by atoms with Crippen molar-refractivity contribution in [1.82, 2.24) is 4.90 Å². The zero-order valence-corrected chi connectivity index (χ0v) is 11.2. The van der Waals surface area contributed by atoms with Crippen LogP contribution in [0.2, 0.25) is 5.02 Å². The van der Waals surface area contributed by atoms with Crippen LogP contribution in [0, 0.1) is 5.82 Å². The minimum atomic E-state index is -0.714. The van der Waals surface area contributed by atoms with E-state index >= 15 is 0 Å². The van der Waals surface area contributed by atoms with Crippen LogP contribution in [-0.2, 0) is 4.74 Å². The first kappa shape index (κ1) is 14.2. The van der Waals surface area contributed by atoms with Gasteiger partial charge in [-0.25, -0.2) is 4.39 Å². The number of benzene rings is 1. The van der Waals surface area contributed by atoms with Gasteiger partial charge >= 0.3 is 0 Å². The van der Waals surface area contributed by atoms with Crippen molar-refractivity contribution in [2.75, 3.05) is 19.7 Å². The number of ether oxygens (including phenoxy) is 1. The number of hydrogen-bond donors (Lipinski definition) is 1. The SMILES string of the molecule is CC1CN(C(=O)c2cccc(Cl)c2F)CC(CO)O1. The summed E-state index contributed by atoms with van der Waals surface area (Å²) in [7, 11) is 0. The predicted molar refractivity (Wildman–Crippen MR) is 68.7 cm³/mol. The quantitative estimate of drug-likeness (QED) is 0.901. The van der Waals surface area contributed by atoms with Crippen molar-refractivity contribution in [2.45, 2.75) is 19.1 Å². The molecule has 1 aromatic carbocycles. The van der Waals surface area contributed by atoms with E-state index in [4.69, 9.17) is 21.4 Å². The van der Waals surface area contributed by atoms with E-state index in [0.29, 0.717) is 6.54 Å². The Balaban J connectivity index is 2.21. The van der Waals surface area contributed by atoms with Gasteiger partial charge in [-0.15, -0.1) is 0 Å². The van der Waals surface area contributed by atoms with Gasteiger partial charge in [0, 0.05) is 13.1 Å². The first-order chi connectivity index (χ1) is 9.02. The van der Waals surface area contributed by atoms with Crippen LogP contribution in [0.3, 0.4) is 0 Å². The molecular formula is C13H15ClFNO3. The van der Waals surface area contributed by atoms with E-state index in [2.05, 4.69) is 0 Å². The summed E-state index contributed by atoms with van der Waals surface area (Å²) in [6, 6.07) is 4.33. The van der Waals surface area contributed by atoms with Gasteiger partial charge in [0.05, 0.1) is 29.4 Å². The Morgan fingerprint density at radius 3 is 3.00 bits per heavy atom. The van der Waals surface area contributed by atoms with Crippen LogP contribution in [0.1, 0.15) is 17.3 Å². The summed E-state index contributed by atoms with van der Waals surface area (Å²) in [6.45, 7) is 2.23. The molecule has 1 aliphatic heterocycles. The third-order valence-electron chi connectivity index (χ3n) is 3.00. The highest BCUT2D eigenvalue weighted by molar-refractivity contribution is 6.31. The number of hydrogen-bond acceptors (Lipinski definition) is 3. The summed E-state index contributed by atoms with van der Waals surface area (Å²) in [5, 5.41) is 9.04. The molecule has 4 nitrogen and oxygen atoms in total. The van der Waals surface area contributed by atoms with Crippen molar-refractivity contribution in [3.63, 3.8) is 0 Å². The van der Waals surface area contributed by atoms with Gasteiger partial charge in [-0.2, -0.15) is 0 Å². The fourth-order valence-corrected chi connectivity index (χ4v) is 2.33. The molecule has 1 aliphatic rings. The highest BCUT2D eigenvalue weighted by Crippen LogP contribution is 2.21. The van der Waals surface area contributed by atoms with Crippen molar-refractivity contribution in [3.8, 4) is 0 Å². The van der Waals surface area contributed by atoms with Gasteiger partial charge in [0.15, 0.2) is 5.82 Å². The molecule has 1 fully saturated rings. The van der Waals surface area contributed by atoms with Crippen LogP contribution in [0.25, 0.3) is 0 Å². The summed E-state index contributed by atoms with van der Waals surface area (Å²) in [5.41, 5.74) is -0.0571. The van der Waals surface area contributed by atoms with Crippen molar-refractivity contribution in [3.05, 3.63) is 34.6 Å². The largest absolute Gasteiger partial charge is 0.394 e. The molecule has 1 N–H and O–H groups in total. The summed E-state index contributed by atoms with van der Waals surface area (Å²) in [4.78, 5) is 13.7. The van der Waals surface area contributed by atoms with Crippen LogP contribution in [0.15, 0.2) is 18.2 Å². The molecule has 0 aromatic heterocycles. The molecular weight excluding hydrogens is 273 g/mol. The zero-order valence-electron chi connectivity index (χ0n) is 10.5. The Hall–Kier alpha value is -1.17. The van der Waals surface area contributed by atoms with Crippen LogP contribution < -0.4 is 0 Å². The first-order valence-corrected chi connectivity index (χ1v) is 6.40. The molecule has 2 atom stereocenters. The second-order valence-electron chi connectivity index (χ2n) is 4.56. The van der Waals surface area contributed by atoms with E-state index in [-0.39, 0.29) is 29.8 Å². The van der Waals surface area contributed by atoms with Gasteiger partial charge < -0.3 is 14.7 Å². The normalized spacial score (nSPS) is 23.5. The minimum absolute atomic E-state index is 0.0571. The third kappa shape index (κ3) is 3.05.